The molecule has 1 aliphatic heterocycles. The summed E-state index contributed by atoms with van der Waals surface area (Å²) in [6, 6.07) is 0. The average Bonchev–Trinajstić information content (AvgIpc) is 2.24. The van der Waals surface area contributed by atoms with E-state index < -0.39 is 0 Å². The Balaban J connectivity index is 2.07. The van der Waals surface area contributed by atoms with Crippen molar-refractivity contribution in [3.05, 3.63) is 0 Å². The molecular formula is C14H30N2. The van der Waals surface area contributed by atoms with Crippen LogP contribution in [-0.2, 0) is 0 Å². The number of rotatable bonds is 5. The first-order valence-electron chi connectivity index (χ1n) is 6.90. The first kappa shape index (κ1) is 14.0. The SMILES string of the molecule is CC(CCNCC(C)(C)C)C1CCCNC1. The summed E-state index contributed by atoms with van der Waals surface area (Å²) < 4.78 is 0. The van der Waals surface area contributed by atoms with Crippen molar-refractivity contribution in [2.24, 2.45) is 17.3 Å². The van der Waals surface area contributed by atoms with Gasteiger partial charge in [-0.1, -0.05) is 27.7 Å². The standard InChI is InChI=1S/C14H30N2/c1-12(13-6-5-8-15-10-13)7-9-16-11-14(2,3)4/h12-13,15-16H,5-11H2,1-4H3. The molecule has 0 radical (unpaired) electrons. The van der Waals surface area contributed by atoms with Crippen LogP contribution in [0.5, 0.6) is 0 Å². The second-order valence-corrected chi connectivity index (χ2v) is 6.61. The van der Waals surface area contributed by atoms with E-state index in [1.54, 1.807) is 0 Å². The third-order valence-electron chi connectivity index (χ3n) is 3.57. The van der Waals surface area contributed by atoms with Gasteiger partial charge in [0.1, 0.15) is 0 Å². The van der Waals surface area contributed by atoms with Crippen LogP contribution in [0.25, 0.3) is 0 Å². The fourth-order valence-corrected chi connectivity index (χ4v) is 2.39. The van der Waals surface area contributed by atoms with Crippen LogP contribution < -0.4 is 10.6 Å². The first-order valence-corrected chi connectivity index (χ1v) is 6.90. The van der Waals surface area contributed by atoms with Gasteiger partial charge in [-0.2, -0.15) is 0 Å². The molecule has 0 aromatic heterocycles. The molecule has 0 bridgehead atoms. The van der Waals surface area contributed by atoms with Gasteiger partial charge in [0.05, 0.1) is 0 Å². The van der Waals surface area contributed by atoms with Gasteiger partial charge in [-0.05, 0) is 62.7 Å². The Kier molecular flexibility index (Phi) is 5.77. The second kappa shape index (κ2) is 6.61. The van der Waals surface area contributed by atoms with Crippen LogP contribution in [0.1, 0.15) is 47.0 Å². The Hall–Kier alpha value is -0.0800. The maximum absolute atomic E-state index is 3.57. The molecule has 1 aliphatic rings. The number of hydrogen-bond donors (Lipinski definition) is 2. The molecule has 0 aromatic rings. The van der Waals surface area contributed by atoms with Crippen LogP contribution in [0.4, 0.5) is 0 Å². The van der Waals surface area contributed by atoms with Crippen molar-refractivity contribution in [2.75, 3.05) is 26.2 Å². The topological polar surface area (TPSA) is 24.1 Å². The molecule has 16 heavy (non-hydrogen) atoms. The highest BCUT2D eigenvalue weighted by atomic mass is 14.9. The Morgan fingerprint density at radius 1 is 1.38 bits per heavy atom. The highest BCUT2D eigenvalue weighted by Gasteiger charge is 2.19. The van der Waals surface area contributed by atoms with Gasteiger partial charge in [-0.15, -0.1) is 0 Å². The van der Waals surface area contributed by atoms with Crippen LogP contribution in [0.2, 0.25) is 0 Å². The van der Waals surface area contributed by atoms with E-state index in [1.807, 2.05) is 0 Å². The number of hydrogen-bond acceptors (Lipinski definition) is 2. The van der Waals surface area contributed by atoms with Gasteiger partial charge >= 0.3 is 0 Å². The lowest BCUT2D eigenvalue weighted by Gasteiger charge is -2.28. The van der Waals surface area contributed by atoms with E-state index in [4.69, 9.17) is 0 Å². The van der Waals surface area contributed by atoms with E-state index in [1.165, 1.54) is 38.9 Å². The molecule has 2 heteroatoms. The maximum atomic E-state index is 3.57. The van der Waals surface area contributed by atoms with E-state index in [2.05, 4.69) is 38.3 Å². The van der Waals surface area contributed by atoms with Crippen LogP contribution >= 0.6 is 0 Å². The van der Waals surface area contributed by atoms with Crippen molar-refractivity contribution in [3.8, 4) is 0 Å². The van der Waals surface area contributed by atoms with Gasteiger partial charge in [-0.25, -0.2) is 0 Å². The Morgan fingerprint density at radius 2 is 2.12 bits per heavy atom. The molecule has 2 nitrogen and oxygen atoms in total. The normalized spacial score (nSPS) is 24.4. The van der Waals surface area contributed by atoms with Crippen molar-refractivity contribution in [3.63, 3.8) is 0 Å². The third-order valence-corrected chi connectivity index (χ3v) is 3.57. The van der Waals surface area contributed by atoms with Crippen molar-refractivity contribution in [1.82, 2.24) is 10.6 Å². The van der Waals surface area contributed by atoms with Gasteiger partial charge in [0, 0.05) is 0 Å². The zero-order valence-electron chi connectivity index (χ0n) is 11.6. The molecule has 0 aliphatic carbocycles. The van der Waals surface area contributed by atoms with Crippen molar-refractivity contribution >= 4 is 0 Å². The lowest BCUT2D eigenvalue weighted by Crippen LogP contribution is -2.35. The van der Waals surface area contributed by atoms with Gasteiger partial charge in [-0.3, -0.25) is 0 Å². The van der Waals surface area contributed by atoms with Crippen molar-refractivity contribution in [2.45, 2.75) is 47.0 Å². The molecule has 1 heterocycles. The van der Waals surface area contributed by atoms with Crippen LogP contribution in [0.3, 0.4) is 0 Å². The average molecular weight is 226 g/mol. The fraction of sp³-hybridized carbons (Fsp3) is 1.00. The molecule has 96 valence electrons. The molecule has 2 N–H and O–H groups in total. The summed E-state index contributed by atoms with van der Waals surface area (Å²) in [5.74, 6) is 1.77. The van der Waals surface area contributed by atoms with Gasteiger partial charge in [0.25, 0.3) is 0 Å². The van der Waals surface area contributed by atoms with Crippen LogP contribution in [-0.4, -0.2) is 26.2 Å². The number of piperidine rings is 1. The molecule has 2 unspecified atom stereocenters. The summed E-state index contributed by atoms with van der Waals surface area (Å²) in [6.45, 7) is 14.0. The zero-order valence-corrected chi connectivity index (χ0v) is 11.6. The molecule has 0 amide bonds. The predicted octanol–water partition coefficient (Wildman–Crippen LogP) is 2.65. The van der Waals surface area contributed by atoms with Gasteiger partial charge < -0.3 is 10.6 Å². The highest BCUT2D eigenvalue weighted by molar-refractivity contribution is 4.75. The summed E-state index contributed by atoms with van der Waals surface area (Å²) in [5, 5.41) is 7.08. The lowest BCUT2D eigenvalue weighted by molar-refractivity contribution is 0.262. The van der Waals surface area contributed by atoms with E-state index >= 15 is 0 Å². The van der Waals surface area contributed by atoms with Crippen LogP contribution in [0, 0.1) is 17.3 Å². The van der Waals surface area contributed by atoms with Gasteiger partial charge in [0.15, 0.2) is 0 Å². The lowest BCUT2D eigenvalue weighted by atomic mass is 9.85. The highest BCUT2D eigenvalue weighted by Crippen LogP contribution is 2.22. The smallest absolute Gasteiger partial charge is 0.0000124 e. The third kappa shape index (κ3) is 5.86. The summed E-state index contributed by atoms with van der Waals surface area (Å²) in [4.78, 5) is 0. The summed E-state index contributed by atoms with van der Waals surface area (Å²) in [6.07, 6.45) is 4.11. The Bertz CT molecular complexity index is 178. The predicted molar refractivity (Wildman–Crippen MR) is 71.7 cm³/mol. The molecule has 2 atom stereocenters. The minimum absolute atomic E-state index is 0.412. The van der Waals surface area contributed by atoms with E-state index in [0.29, 0.717) is 5.41 Å². The number of nitrogens with one attached hydrogen (secondary N) is 2. The Labute approximate surface area is 102 Å². The van der Waals surface area contributed by atoms with Gasteiger partial charge in [0.2, 0.25) is 0 Å². The molecule has 1 fully saturated rings. The van der Waals surface area contributed by atoms with Crippen molar-refractivity contribution in [1.29, 1.82) is 0 Å². The monoisotopic (exact) mass is 226 g/mol. The van der Waals surface area contributed by atoms with E-state index in [9.17, 15) is 0 Å². The molecule has 0 aromatic carbocycles. The fourth-order valence-electron chi connectivity index (χ4n) is 2.39. The molecule has 0 spiro atoms. The summed E-state index contributed by atoms with van der Waals surface area (Å²) in [7, 11) is 0. The minimum atomic E-state index is 0.412. The molecule has 1 saturated heterocycles. The molecular weight excluding hydrogens is 196 g/mol. The maximum Gasteiger partial charge on any atom is -0.0000124 e. The van der Waals surface area contributed by atoms with E-state index in [-0.39, 0.29) is 0 Å². The zero-order chi connectivity index (χ0) is 12.0. The molecule has 1 rings (SSSR count). The van der Waals surface area contributed by atoms with Crippen LogP contribution in [0.15, 0.2) is 0 Å². The van der Waals surface area contributed by atoms with E-state index in [0.717, 1.165) is 18.4 Å². The second-order valence-electron chi connectivity index (χ2n) is 6.61. The quantitative estimate of drug-likeness (QED) is 0.704. The summed E-state index contributed by atoms with van der Waals surface area (Å²) >= 11 is 0. The van der Waals surface area contributed by atoms with Crippen molar-refractivity contribution < 1.29 is 0 Å². The Morgan fingerprint density at radius 3 is 2.69 bits per heavy atom. The first-order chi connectivity index (χ1) is 7.49. The molecule has 0 saturated carbocycles. The largest absolute Gasteiger partial charge is 0.316 e. The minimum Gasteiger partial charge on any atom is -0.316 e. The summed E-state index contributed by atoms with van der Waals surface area (Å²) in [5.41, 5.74) is 0.412.